The average Bonchev–Trinajstić information content (AvgIpc) is 2.82. The Morgan fingerprint density at radius 2 is 2.00 bits per heavy atom. The van der Waals surface area contributed by atoms with Gasteiger partial charge < -0.3 is 14.8 Å². The minimum Gasteiger partial charge on any atom is -0.481 e. The summed E-state index contributed by atoms with van der Waals surface area (Å²) in [6.45, 7) is 5.06. The van der Waals surface area contributed by atoms with Crippen LogP contribution in [0.1, 0.15) is 18.3 Å². The third-order valence-electron chi connectivity index (χ3n) is 3.43. The summed E-state index contributed by atoms with van der Waals surface area (Å²) < 4.78 is 25.0. The number of ether oxygens (including phenoxy) is 2. The molecular weight excluding hydrogens is 329 g/mol. The fourth-order valence-electron chi connectivity index (χ4n) is 2.24. The minimum atomic E-state index is -0.537. The molecule has 7 nitrogen and oxygen atoms in total. The Bertz CT molecular complexity index is 773. The first kappa shape index (κ1) is 18.4. The van der Waals surface area contributed by atoms with Crippen LogP contribution in [0.3, 0.4) is 0 Å². The van der Waals surface area contributed by atoms with E-state index in [0.717, 1.165) is 0 Å². The number of rotatable bonds is 7. The molecule has 0 aliphatic rings. The number of amides is 1. The zero-order valence-corrected chi connectivity index (χ0v) is 14.3. The summed E-state index contributed by atoms with van der Waals surface area (Å²) >= 11 is 0. The second-order valence-corrected chi connectivity index (χ2v) is 5.28. The molecule has 8 heteroatoms. The lowest BCUT2D eigenvalue weighted by Gasteiger charge is -2.09. The highest BCUT2D eigenvalue weighted by Gasteiger charge is 2.17. The first-order valence-corrected chi connectivity index (χ1v) is 7.79. The van der Waals surface area contributed by atoms with Crippen LogP contribution in [-0.4, -0.2) is 34.9 Å². The highest BCUT2D eigenvalue weighted by Crippen LogP contribution is 2.20. The Labute approximate surface area is 144 Å². The lowest BCUT2D eigenvalue weighted by molar-refractivity contribution is -0.144. The largest absolute Gasteiger partial charge is 0.481 e. The molecule has 0 aliphatic carbocycles. The molecule has 0 aliphatic heterocycles. The van der Waals surface area contributed by atoms with Gasteiger partial charge in [-0.1, -0.05) is 12.1 Å². The molecule has 0 unspecified atom stereocenters. The zero-order chi connectivity index (χ0) is 18.4. The highest BCUT2D eigenvalue weighted by molar-refractivity contribution is 5.93. The maximum atomic E-state index is 13.5. The molecule has 1 aromatic heterocycles. The van der Waals surface area contributed by atoms with Crippen molar-refractivity contribution in [3.8, 4) is 5.75 Å². The molecule has 2 rings (SSSR count). The molecule has 1 aromatic carbocycles. The number of carbonyl (C=O) groups is 2. The number of nitrogens with one attached hydrogen (secondary N) is 1. The fraction of sp³-hybridized carbons (Fsp3) is 0.353. The van der Waals surface area contributed by atoms with Gasteiger partial charge in [-0.25, -0.2) is 4.39 Å². The Balaban J connectivity index is 2.00. The van der Waals surface area contributed by atoms with Crippen LogP contribution in [-0.2, 0) is 20.9 Å². The molecule has 0 saturated heterocycles. The van der Waals surface area contributed by atoms with E-state index in [1.807, 2.05) is 0 Å². The van der Waals surface area contributed by atoms with E-state index in [4.69, 9.17) is 9.47 Å². The van der Waals surface area contributed by atoms with Crippen LogP contribution in [0.2, 0.25) is 0 Å². The Hall–Kier alpha value is -2.90. The van der Waals surface area contributed by atoms with Crippen LogP contribution >= 0.6 is 0 Å². The van der Waals surface area contributed by atoms with Crippen molar-refractivity contribution in [2.24, 2.45) is 0 Å². The van der Waals surface area contributed by atoms with Crippen LogP contribution in [0, 0.1) is 19.7 Å². The molecule has 1 N–H and O–H groups in total. The van der Waals surface area contributed by atoms with Gasteiger partial charge in [0, 0.05) is 0 Å². The maximum Gasteiger partial charge on any atom is 0.327 e. The summed E-state index contributed by atoms with van der Waals surface area (Å²) in [7, 11) is 0. The van der Waals surface area contributed by atoms with Crippen molar-refractivity contribution in [3.63, 3.8) is 0 Å². The van der Waals surface area contributed by atoms with Crippen molar-refractivity contribution in [2.45, 2.75) is 27.3 Å². The number of hydrogen-bond acceptors (Lipinski definition) is 5. The molecule has 134 valence electrons. The normalized spacial score (nSPS) is 10.4. The van der Waals surface area contributed by atoms with Crippen LogP contribution in [0.25, 0.3) is 0 Å². The van der Waals surface area contributed by atoms with Gasteiger partial charge in [-0.2, -0.15) is 5.10 Å². The van der Waals surface area contributed by atoms with E-state index in [1.54, 1.807) is 26.8 Å². The van der Waals surface area contributed by atoms with E-state index >= 15 is 0 Å². The number of carbonyl (C=O) groups excluding carboxylic acids is 2. The monoisotopic (exact) mass is 349 g/mol. The number of anilines is 1. The van der Waals surface area contributed by atoms with Gasteiger partial charge >= 0.3 is 5.97 Å². The highest BCUT2D eigenvalue weighted by atomic mass is 19.1. The van der Waals surface area contributed by atoms with Crippen molar-refractivity contribution in [1.29, 1.82) is 0 Å². The van der Waals surface area contributed by atoms with Gasteiger partial charge in [0.2, 0.25) is 0 Å². The lowest BCUT2D eigenvalue weighted by Crippen LogP contribution is -2.21. The van der Waals surface area contributed by atoms with Gasteiger partial charge in [0.05, 0.1) is 23.7 Å². The summed E-state index contributed by atoms with van der Waals surface area (Å²) in [6.07, 6.45) is 0. The standard InChI is InChI=1S/C17H20FN3O4/c1-4-24-16(23)9-21-12(3)17(11(2)20-21)19-15(22)10-25-14-8-6-5-7-13(14)18/h5-8H,4,9-10H2,1-3H3,(H,19,22). The maximum absolute atomic E-state index is 13.5. The van der Waals surface area contributed by atoms with Crippen molar-refractivity contribution < 1.29 is 23.5 Å². The fourth-order valence-corrected chi connectivity index (χ4v) is 2.24. The van der Waals surface area contributed by atoms with Gasteiger partial charge in [0.15, 0.2) is 18.2 Å². The molecule has 0 saturated carbocycles. The quantitative estimate of drug-likeness (QED) is 0.775. The second-order valence-electron chi connectivity index (χ2n) is 5.28. The van der Waals surface area contributed by atoms with Crippen molar-refractivity contribution >= 4 is 17.6 Å². The summed E-state index contributed by atoms with van der Waals surface area (Å²) in [5.74, 6) is -1.40. The van der Waals surface area contributed by atoms with Gasteiger partial charge in [-0.05, 0) is 32.9 Å². The van der Waals surface area contributed by atoms with E-state index in [1.165, 1.54) is 22.9 Å². The van der Waals surface area contributed by atoms with Crippen LogP contribution in [0.4, 0.5) is 10.1 Å². The second kappa shape index (κ2) is 8.27. The molecule has 2 aromatic rings. The lowest BCUT2D eigenvalue weighted by atomic mass is 10.3. The smallest absolute Gasteiger partial charge is 0.327 e. The Morgan fingerprint density at radius 3 is 2.68 bits per heavy atom. The molecule has 0 spiro atoms. The zero-order valence-electron chi connectivity index (χ0n) is 14.3. The number of esters is 1. The van der Waals surface area contributed by atoms with Gasteiger partial charge in [0.25, 0.3) is 5.91 Å². The number of nitrogens with zero attached hydrogens (tertiary/aromatic N) is 2. The molecule has 0 atom stereocenters. The van der Waals surface area contributed by atoms with Gasteiger partial charge in [-0.15, -0.1) is 0 Å². The summed E-state index contributed by atoms with van der Waals surface area (Å²) in [5, 5.41) is 6.89. The van der Waals surface area contributed by atoms with E-state index in [9.17, 15) is 14.0 Å². The number of benzene rings is 1. The molecule has 0 fully saturated rings. The molecule has 1 heterocycles. The Morgan fingerprint density at radius 1 is 1.28 bits per heavy atom. The topological polar surface area (TPSA) is 82.5 Å². The molecular formula is C17H20FN3O4. The SMILES string of the molecule is CCOC(=O)Cn1nc(C)c(NC(=O)COc2ccccc2F)c1C. The van der Waals surface area contributed by atoms with Gasteiger partial charge in [0.1, 0.15) is 6.54 Å². The van der Waals surface area contributed by atoms with Crippen LogP contribution in [0.5, 0.6) is 5.75 Å². The van der Waals surface area contributed by atoms with E-state index in [-0.39, 0.29) is 25.5 Å². The summed E-state index contributed by atoms with van der Waals surface area (Å²) in [6, 6.07) is 5.84. The summed E-state index contributed by atoms with van der Waals surface area (Å²) in [5.41, 5.74) is 1.66. The van der Waals surface area contributed by atoms with E-state index < -0.39 is 17.7 Å². The molecule has 1 amide bonds. The molecule has 0 bridgehead atoms. The van der Waals surface area contributed by atoms with Crippen LogP contribution < -0.4 is 10.1 Å². The average molecular weight is 349 g/mol. The Kier molecular flexibility index (Phi) is 6.10. The third-order valence-corrected chi connectivity index (χ3v) is 3.43. The first-order chi connectivity index (χ1) is 11.9. The molecule has 25 heavy (non-hydrogen) atoms. The number of aryl methyl sites for hydroxylation is 1. The third kappa shape index (κ3) is 4.79. The van der Waals surface area contributed by atoms with Crippen molar-refractivity contribution in [2.75, 3.05) is 18.5 Å². The predicted molar refractivity (Wildman–Crippen MR) is 88.9 cm³/mol. The van der Waals surface area contributed by atoms with E-state index in [0.29, 0.717) is 17.1 Å². The number of hydrogen-bond donors (Lipinski definition) is 1. The van der Waals surface area contributed by atoms with E-state index in [2.05, 4.69) is 10.4 Å². The first-order valence-electron chi connectivity index (χ1n) is 7.79. The number of para-hydroxylation sites is 1. The predicted octanol–water partition coefficient (Wildman–Crippen LogP) is 2.22. The van der Waals surface area contributed by atoms with Crippen LogP contribution in [0.15, 0.2) is 24.3 Å². The van der Waals surface area contributed by atoms with Crippen molar-refractivity contribution in [1.82, 2.24) is 9.78 Å². The molecule has 0 radical (unpaired) electrons. The van der Waals surface area contributed by atoms with Gasteiger partial charge in [-0.3, -0.25) is 14.3 Å². The van der Waals surface area contributed by atoms with Crippen molar-refractivity contribution in [3.05, 3.63) is 41.5 Å². The number of halogens is 1. The number of aromatic nitrogens is 2. The minimum absolute atomic E-state index is 0.00380. The summed E-state index contributed by atoms with van der Waals surface area (Å²) in [4.78, 5) is 23.6.